The molecule has 2 saturated heterocycles. The number of carbonyl (C=O) groups is 1. The van der Waals surface area contributed by atoms with Crippen LogP contribution in [0.3, 0.4) is 0 Å². The van der Waals surface area contributed by atoms with Gasteiger partial charge in [-0.25, -0.2) is 0 Å². The van der Waals surface area contributed by atoms with Crippen LogP contribution < -0.4 is 0 Å². The molecule has 0 saturated carbocycles. The van der Waals surface area contributed by atoms with E-state index in [2.05, 4.69) is 23.6 Å². The van der Waals surface area contributed by atoms with Gasteiger partial charge in [0.1, 0.15) is 0 Å². The molecule has 0 radical (unpaired) electrons. The quantitative estimate of drug-likeness (QED) is 0.859. The zero-order valence-electron chi connectivity index (χ0n) is 13.6. The minimum atomic E-state index is 0.178. The predicted octanol–water partition coefficient (Wildman–Crippen LogP) is 2.40. The van der Waals surface area contributed by atoms with Crippen LogP contribution in [0, 0.1) is 0 Å². The molecule has 2 heterocycles. The highest BCUT2D eigenvalue weighted by Crippen LogP contribution is 2.22. The summed E-state index contributed by atoms with van der Waals surface area (Å²) >= 11 is 0. The van der Waals surface area contributed by atoms with Crippen molar-refractivity contribution in [3.05, 3.63) is 35.9 Å². The first-order chi connectivity index (χ1) is 10.6. The van der Waals surface area contributed by atoms with Crippen LogP contribution in [0.5, 0.6) is 0 Å². The molecule has 1 amide bonds. The lowest BCUT2D eigenvalue weighted by atomic mass is 10.1. The summed E-state index contributed by atoms with van der Waals surface area (Å²) in [7, 11) is 0. The third-order valence-electron chi connectivity index (χ3n) is 4.62. The Morgan fingerprint density at radius 2 is 1.86 bits per heavy atom. The molecule has 0 aromatic heterocycles. The van der Waals surface area contributed by atoms with Gasteiger partial charge in [0.15, 0.2) is 0 Å². The number of ether oxygens (including phenoxy) is 1. The van der Waals surface area contributed by atoms with Gasteiger partial charge in [-0.3, -0.25) is 9.69 Å². The first kappa shape index (κ1) is 15.5. The highest BCUT2D eigenvalue weighted by Gasteiger charge is 2.32. The first-order valence-corrected chi connectivity index (χ1v) is 8.37. The molecule has 0 unspecified atom stereocenters. The highest BCUT2D eigenvalue weighted by atomic mass is 16.5. The molecule has 22 heavy (non-hydrogen) atoms. The monoisotopic (exact) mass is 302 g/mol. The molecule has 1 aromatic carbocycles. The molecule has 0 aliphatic carbocycles. The van der Waals surface area contributed by atoms with Gasteiger partial charge < -0.3 is 9.64 Å². The van der Waals surface area contributed by atoms with Gasteiger partial charge in [-0.1, -0.05) is 18.2 Å². The lowest BCUT2D eigenvalue weighted by Crippen LogP contribution is -2.50. The summed E-state index contributed by atoms with van der Waals surface area (Å²) in [4.78, 5) is 17.2. The molecule has 0 spiro atoms. The number of likely N-dealkylation sites (tertiary alicyclic amines) is 1. The van der Waals surface area contributed by atoms with E-state index in [4.69, 9.17) is 4.74 Å². The van der Waals surface area contributed by atoms with Crippen molar-refractivity contribution in [1.29, 1.82) is 0 Å². The number of morpholine rings is 1. The van der Waals surface area contributed by atoms with E-state index in [1.165, 1.54) is 0 Å². The van der Waals surface area contributed by atoms with Crippen molar-refractivity contribution in [2.24, 2.45) is 0 Å². The van der Waals surface area contributed by atoms with Crippen LogP contribution in [0.15, 0.2) is 30.3 Å². The third-order valence-corrected chi connectivity index (χ3v) is 4.62. The van der Waals surface area contributed by atoms with Crippen molar-refractivity contribution in [3.8, 4) is 0 Å². The second-order valence-corrected chi connectivity index (χ2v) is 6.64. The third kappa shape index (κ3) is 3.50. The molecule has 2 aliphatic rings. The first-order valence-electron chi connectivity index (χ1n) is 8.37. The number of rotatable bonds is 3. The van der Waals surface area contributed by atoms with Crippen molar-refractivity contribution in [3.63, 3.8) is 0 Å². The zero-order chi connectivity index (χ0) is 15.5. The van der Waals surface area contributed by atoms with Gasteiger partial charge in [0.2, 0.25) is 0 Å². The normalized spacial score (nSPS) is 29.7. The fraction of sp³-hybridized carbons (Fsp3) is 0.611. The maximum atomic E-state index is 12.7. The molecule has 0 bridgehead atoms. The molecule has 3 rings (SSSR count). The lowest BCUT2D eigenvalue weighted by Gasteiger charge is -2.38. The Kier molecular flexibility index (Phi) is 4.79. The summed E-state index contributed by atoms with van der Waals surface area (Å²) in [5, 5.41) is 0. The molecule has 4 nitrogen and oxygen atoms in total. The van der Waals surface area contributed by atoms with E-state index in [1.807, 2.05) is 30.3 Å². The van der Waals surface area contributed by atoms with E-state index < -0.39 is 0 Å². The Morgan fingerprint density at radius 3 is 2.55 bits per heavy atom. The van der Waals surface area contributed by atoms with Gasteiger partial charge in [0, 0.05) is 37.8 Å². The number of hydrogen-bond acceptors (Lipinski definition) is 3. The lowest BCUT2D eigenvalue weighted by molar-refractivity contribution is -0.0715. The summed E-state index contributed by atoms with van der Waals surface area (Å²) in [6, 6.07) is 9.99. The highest BCUT2D eigenvalue weighted by molar-refractivity contribution is 5.94. The summed E-state index contributed by atoms with van der Waals surface area (Å²) in [5.74, 6) is 0.178. The van der Waals surface area contributed by atoms with Crippen LogP contribution in [0.4, 0.5) is 0 Å². The van der Waals surface area contributed by atoms with E-state index in [1.54, 1.807) is 0 Å². The molecule has 120 valence electrons. The summed E-state index contributed by atoms with van der Waals surface area (Å²) in [5.41, 5.74) is 0.804. The van der Waals surface area contributed by atoms with Gasteiger partial charge in [-0.15, -0.1) is 0 Å². The van der Waals surface area contributed by atoms with E-state index >= 15 is 0 Å². The number of amides is 1. The Balaban J connectivity index is 1.64. The largest absolute Gasteiger partial charge is 0.373 e. The van der Waals surface area contributed by atoms with Crippen molar-refractivity contribution in [2.75, 3.05) is 26.2 Å². The molecule has 3 atom stereocenters. The summed E-state index contributed by atoms with van der Waals surface area (Å²) in [6.45, 7) is 8.04. The summed E-state index contributed by atoms with van der Waals surface area (Å²) in [6.07, 6.45) is 2.78. The Labute approximate surface area is 133 Å². The van der Waals surface area contributed by atoms with Crippen molar-refractivity contribution in [1.82, 2.24) is 9.80 Å². The topological polar surface area (TPSA) is 32.8 Å². The second kappa shape index (κ2) is 6.80. The molecular formula is C18H26N2O2. The van der Waals surface area contributed by atoms with Crippen molar-refractivity contribution < 1.29 is 9.53 Å². The van der Waals surface area contributed by atoms with Crippen molar-refractivity contribution >= 4 is 5.91 Å². The van der Waals surface area contributed by atoms with Crippen LogP contribution in [-0.2, 0) is 4.74 Å². The van der Waals surface area contributed by atoms with E-state index in [9.17, 15) is 4.79 Å². The molecular weight excluding hydrogens is 276 g/mol. The van der Waals surface area contributed by atoms with Crippen LogP contribution >= 0.6 is 0 Å². The number of hydrogen-bond donors (Lipinski definition) is 0. The van der Waals surface area contributed by atoms with E-state index in [0.29, 0.717) is 6.04 Å². The van der Waals surface area contributed by atoms with E-state index in [0.717, 1.165) is 44.6 Å². The fourth-order valence-electron chi connectivity index (χ4n) is 3.77. The van der Waals surface area contributed by atoms with Crippen LogP contribution in [0.1, 0.15) is 37.0 Å². The maximum absolute atomic E-state index is 12.7. The Hall–Kier alpha value is -1.39. The second-order valence-electron chi connectivity index (χ2n) is 6.64. The predicted molar refractivity (Wildman–Crippen MR) is 86.9 cm³/mol. The number of nitrogens with zero attached hydrogens (tertiary/aromatic N) is 2. The maximum Gasteiger partial charge on any atom is 0.254 e. The fourth-order valence-corrected chi connectivity index (χ4v) is 3.77. The standard InChI is InChI=1S/C18H26N2O2/c1-14-11-19(12-15(2)22-14)13-17-9-6-10-20(17)18(21)16-7-4-3-5-8-16/h3-5,7-8,14-15,17H,6,9-13H2,1-2H3/t14-,15-,17-/m1/s1. The number of benzene rings is 1. The van der Waals surface area contributed by atoms with E-state index in [-0.39, 0.29) is 18.1 Å². The van der Waals surface area contributed by atoms with Crippen LogP contribution in [0.2, 0.25) is 0 Å². The Bertz CT molecular complexity index is 495. The molecule has 1 aromatic rings. The zero-order valence-corrected chi connectivity index (χ0v) is 13.6. The van der Waals surface area contributed by atoms with Crippen LogP contribution in [0.25, 0.3) is 0 Å². The summed E-state index contributed by atoms with van der Waals surface area (Å²) < 4.78 is 5.80. The van der Waals surface area contributed by atoms with Gasteiger partial charge >= 0.3 is 0 Å². The number of carbonyl (C=O) groups excluding carboxylic acids is 1. The SMILES string of the molecule is C[C@@H]1CN(C[C@H]2CCCN2C(=O)c2ccccc2)C[C@@H](C)O1. The molecule has 0 N–H and O–H groups in total. The van der Waals surface area contributed by atoms with Crippen molar-refractivity contribution in [2.45, 2.75) is 44.9 Å². The average Bonchev–Trinajstić information content (AvgIpc) is 2.94. The Morgan fingerprint density at radius 1 is 1.18 bits per heavy atom. The minimum absolute atomic E-state index is 0.178. The van der Waals surface area contributed by atoms with Crippen LogP contribution in [-0.4, -0.2) is 60.1 Å². The van der Waals surface area contributed by atoms with Gasteiger partial charge in [0.25, 0.3) is 5.91 Å². The molecule has 2 aliphatic heterocycles. The minimum Gasteiger partial charge on any atom is -0.373 e. The smallest absolute Gasteiger partial charge is 0.254 e. The average molecular weight is 302 g/mol. The molecule has 4 heteroatoms. The van der Waals surface area contributed by atoms with Gasteiger partial charge in [0.05, 0.1) is 12.2 Å². The van der Waals surface area contributed by atoms with Gasteiger partial charge in [-0.2, -0.15) is 0 Å². The molecule has 2 fully saturated rings. The van der Waals surface area contributed by atoms with Gasteiger partial charge in [-0.05, 0) is 38.8 Å².